The van der Waals surface area contributed by atoms with Crippen LogP contribution in [0.4, 0.5) is 5.69 Å². The quantitative estimate of drug-likeness (QED) is 0.883. The number of rotatable bonds is 3. The Kier molecular flexibility index (Phi) is 3.56. The fourth-order valence-electron chi connectivity index (χ4n) is 1.69. The average molecular weight is 256 g/mol. The highest BCUT2D eigenvalue weighted by Gasteiger charge is 2.15. The number of carboxylic acid groups (broad SMARTS) is 1. The molecule has 5 heteroatoms. The number of para-hydroxylation sites is 1. The number of carboxylic acids is 1. The molecule has 2 N–H and O–H groups in total. The minimum absolute atomic E-state index is 0.0595. The van der Waals surface area contributed by atoms with Gasteiger partial charge in [0.25, 0.3) is 5.91 Å². The molecule has 0 aliphatic carbocycles. The monoisotopic (exact) mass is 256 g/mol. The number of carbonyl (C=O) groups is 2. The minimum atomic E-state index is -1.08. The molecule has 0 spiro atoms. The number of hydrogen-bond donors (Lipinski definition) is 2. The second-order valence-electron chi connectivity index (χ2n) is 3.97. The number of nitrogens with zero attached hydrogens (tertiary/aromatic N) is 1. The Bertz CT molecular complexity index is 624. The van der Waals surface area contributed by atoms with E-state index in [-0.39, 0.29) is 11.3 Å². The molecule has 0 radical (unpaired) electrons. The first-order valence-corrected chi connectivity index (χ1v) is 5.65. The Hall–Kier alpha value is -2.69. The molecule has 0 fully saturated rings. The van der Waals surface area contributed by atoms with Gasteiger partial charge in [-0.15, -0.1) is 0 Å². The number of nitrogens with one attached hydrogen (secondary N) is 1. The zero-order chi connectivity index (χ0) is 13.8. The summed E-state index contributed by atoms with van der Waals surface area (Å²) in [5.41, 5.74) is 1.28. The molecule has 1 heterocycles. The third-order valence-electron chi connectivity index (χ3n) is 2.64. The summed E-state index contributed by atoms with van der Waals surface area (Å²) in [4.78, 5) is 27.0. The van der Waals surface area contributed by atoms with Gasteiger partial charge in [0.05, 0.1) is 11.3 Å². The van der Waals surface area contributed by atoms with Crippen molar-refractivity contribution in [3.05, 3.63) is 59.4 Å². The molecule has 0 unspecified atom stereocenters. The van der Waals surface area contributed by atoms with Crippen LogP contribution in [0.5, 0.6) is 0 Å². The third kappa shape index (κ3) is 2.77. The van der Waals surface area contributed by atoms with Crippen molar-refractivity contribution in [1.82, 2.24) is 4.98 Å². The number of hydrogen-bond acceptors (Lipinski definition) is 3. The highest BCUT2D eigenvalue weighted by molar-refractivity contribution is 6.07. The van der Waals surface area contributed by atoms with Crippen molar-refractivity contribution in [2.75, 3.05) is 5.32 Å². The molecular weight excluding hydrogens is 244 g/mol. The van der Waals surface area contributed by atoms with Gasteiger partial charge in [-0.25, -0.2) is 4.79 Å². The molecule has 1 aromatic heterocycles. The van der Waals surface area contributed by atoms with Crippen LogP contribution in [0.2, 0.25) is 0 Å². The molecule has 1 amide bonds. The highest BCUT2D eigenvalue weighted by atomic mass is 16.4. The molecule has 1 aromatic carbocycles. The first-order chi connectivity index (χ1) is 9.09. The Labute approximate surface area is 109 Å². The normalized spacial score (nSPS) is 9.95. The topological polar surface area (TPSA) is 79.3 Å². The SMILES string of the molecule is Cc1cccc(C(=O)O)c1NC(=O)c1ccccn1. The van der Waals surface area contributed by atoms with Gasteiger partial charge < -0.3 is 10.4 Å². The van der Waals surface area contributed by atoms with E-state index in [0.717, 1.165) is 0 Å². The predicted molar refractivity (Wildman–Crippen MR) is 70.3 cm³/mol. The van der Waals surface area contributed by atoms with Crippen molar-refractivity contribution in [3.63, 3.8) is 0 Å². The van der Waals surface area contributed by atoms with Gasteiger partial charge >= 0.3 is 5.97 Å². The van der Waals surface area contributed by atoms with Crippen molar-refractivity contribution in [1.29, 1.82) is 0 Å². The summed E-state index contributed by atoms with van der Waals surface area (Å²) in [5, 5.41) is 11.7. The maximum atomic E-state index is 12.0. The first-order valence-electron chi connectivity index (χ1n) is 5.65. The standard InChI is InChI=1S/C14H12N2O3/c1-9-5-4-6-10(14(18)19)12(9)16-13(17)11-7-2-3-8-15-11/h2-8H,1H3,(H,16,17)(H,18,19). The van der Waals surface area contributed by atoms with Crippen molar-refractivity contribution < 1.29 is 14.7 Å². The largest absolute Gasteiger partial charge is 0.478 e. The lowest BCUT2D eigenvalue weighted by Crippen LogP contribution is -2.16. The van der Waals surface area contributed by atoms with Gasteiger partial charge in [-0.2, -0.15) is 0 Å². The summed E-state index contributed by atoms with van der Waals surface area (Å²) in [7, 11) is 0. The number of aromatic carboxylic acids is 1. The molecule has 2 rings (SSSR count). The van der Waals surface area contributed by atoms with Crippen LogP contribution >= 0.6 is 0 Å². The van der Waals surface area contributed by atoms with Crippen LogP contribution in [0.1, 0.15) is 26.4 Å². The molecule has 5 nitrogen and oxygen atoms in total. The van der Waals surface area contributed by atoms with E-state index < -0.39 is 11.9 Å². The Morgan fingerprint density at radius 2 is 1.95 bits per heavy atom. The van der Waals surface area contributed by atoms with E-state index in [9.17, 15) is 9.59 Å². The number of aromatic nitrogens is 1. The van der Waals surface area contributed by atoms with E-state index in [2.05, 4.69) is 10.3 Å². The van der Waals surface area contributed by atoms with Crippen LogP contribution in [0.3, 0.4) is 0 Å². The smallest absolute Gasteiger partial charge is 0.337 e. The van der Waals surface area contributed by atoms with E-state index in [1.807, 2.05) is 0 Å². The summed E-state index contributed by atoms with van der Waals surface area (Å²) in [5.74, 6) is -1.52. The summed E-state index contributed by atoms with van der Waals surface area (Å²) in [6.45, 7) is 1.74. The average Bonchev–Trinajstić information content (AvgIpc) is 2.41. The van der Waals surface area contributed by atoms with Gasteiger partial charge in [-0.3, -0.25) is 9.78 Å². The third-order valence-corrected chi connectivity index (χ3v) is 2.64. The van der Waals surface area contributed by atoms with Crippen LogP contribution in [-0.2, 0) is 0 Å². The molecule has 19 heavy (non-hydrogen) atoms. The Balaban J connectivity index is 2.34. The predicted octanol–water partition coefficient (Wildman–Crippen LogP) is 2.34. The van der Waals surface area contributed by atoms with E-state index in [0.29, 0.717) is 11.3 Å². The van der Waals surface area contributed by atoms with Gasteiger partial charge in [0.2, 0.25) is 0 Å². The molecule has 2 aromatic rings. The van der Waals surface area contributed by atoms with Crippen molar-refractivity contribution in [3.8, 4) is 0 Å². The van der Waals surface area contributed by atoms with E-state index in [1.165, 1.54) is 12.3 Å². The molecule has 0 aliphatic rings. The summed E-state index contributed by atoms with van der Waals surface area (Å²) < 4.78 is 0. The van der Waals surface area contributed by atoms with Gasteiger partial charge in [0.15, 0.2) is 0 Å². The molecular formula is C14H12N2O3. The summed E-state index contributed by atoms with van der Waals surface area (Å²) >= 11 is 0. The fraction of sp³-hybridized carbons (Fsp3) is 0.0714. The van der Waals surface area contributed by atoms with Gasteiger partial charge in [0.1, 0.15) is 5.69 Å². The van der Waals surface area contributed by atoms with Crippen molar-refractivity contribution in [2.45, 2.75) is 6.92 Å². The molecule has 0 atom stereocenters. The molecule has 0 saturated heterocycles. The van der Waals surface area contributed by atoms with Crippen molar-refractivity contribution >= 4 is 17.6 Å². The van der Waals surface area contributed by atoms with Crippen LogP contribution in [-0.4, -0.2) is 22.0 Å². The maximum Gasteiger partial charge on any atom is 0.337 e. The van der Waals surface area contributed by atoms with Gasteiger partial charge in [0, 0.05) is 6.20 Å². The number of carbonyl (C=O) groups excluding carboxylic acids is 1. The van der Waals surface area contributed by atoms with Gasteiger partial charge in [-0.05, 0) is 30.7 Å². The number of aryl methyl sites for hydroxylation is 1. The number of anilines is 1. The Morgan fingerprint density at radius 3 is 2.58 bits per heavy atom. The van der Waals surface area contributed by atoms with E-state index in [4.69, 9.17) is 5.11 Å². The maximum absolute atomic E-state index is 12.0. The molecule has 0 saturated carbocycles. The lowest BCUT2D eigenvalue weighted by molar-refractivity contribution is 0.0698. The number of benzene rings is 1. The van der Waals surface area contributed by atoms with Crippen LogP contribution < -0.4 is 5.32 Å². The zero-order valence-electron chi connectivity index (χ0n) is 10.3. The number of pyridine rings is 1. The molecule has 0 aliphatic heterocycles. The number of amides is 1. The lowest BCUT2D eigenvalue weighted by Gasteiger charge is -2.10. The fourth-order valence-corrected chi connectivity index (χ4v) is 1.69. The second kappa shape index (κ2) is 5.30. The Morgan fingerprint density at radius 1 is 1.16 bits per heavy atom. The zero-order valence-corrected chi connectivity index (χ0v) is 10.3. The summed E-state index contributed by atoms with van der Waals surface area (Å²) in [6, 6.07) is 9.78. The van der Waals surface area contributed by atoms with E-state index >= 15 is 0 Å². The second-order valence-corrected chi connectivity index (χ2v) is 3.97. The first kappa shape index (κ1) is 12.8. The van der Waals surface area contributed by atoms with Crippen LogP contribution in [0.25, 0.3) is 0 Å². The van der Waals surface area contributed by atoms with Gasteiger partial charge in [-0.1, -0.05) is 18.2 Å². The van der Waals surface area contributed by atoms with Crippen molar-refractivity contribution in [2.24, 2.45) is 0 Å². The molecule has 96 valence electrons. The van der Waals surface area contributed by atoms with Crippen LogP contribution in [0, 0.1) is 6.92 Å². The lowest BCUT2D eigenvalue weighted by atomic mass is 10.1. The highest BCUT2D eigenvalue weighted by Crippen LogP contribution is 2.21. The van der Waals surface area contributed by atoms with Crippen LogP contribution in [0.15, 0.2) is 42.6 Å². The molecule has 0 bridgehead atoms. The summed E-state index contributed by atoms with van der Waals surface area (Å²) in [6.07, 6.45) is 1.50. The minimum Gasteiger partial charge on any atom is -0.478 e. The van der Waals surface area contributed by atoms with E-state index in [1.54, 1.807) is 37.3 Å².